The summed E-state index contributed by atoms with van der Waals surface area (Å²) in [5.74, 6) is -0.577. The van der Waals surface area contributed by atoms with Gasteiger partial charge in [-0.1, -0.05) is 0 Å². The molecule has 0 spiro atoms. The minimum Gasteiger partial charge on any atom is -0.489 e. The monoisotopic (exact) mass is 243 g/mol. The third kappa shape index (κ3) is 2.63. The molecular formula is C9H7F2N3O3. The van der Waals surface area contributed by atoms with Gasteiger partial charge in [-0.25, -0.2) is 13.8 Å². The Kier molecular flexibility index (Phi) is 3.87. The van der Waals surface area contributed by atoms with E-state index in [0.29, 0.717) is 0 Å². The van der Waals surface area contributed by atoms with Crippen LogP contribution in [0, 0.1) is 21.4 Å². The van der Waals surface area contributed by atoms with E-state index in [-0.39, 0.29) is 12.1 Å². The Morgan fingerprint density at radius 2 is 2.35 bits per heavy atom. The SMILES string of the molecule is COc1c([N+](=O)[O-])cc(CC#N)nc1C(F)F. The van der Waals surface area contributed by atoms with Crippen molar-refractivity contribution in [1.29, 1.82) is 5.26 Å². The number of nitriles is 1. The normalized spacial score (nSPS) is 10.1. The molecule has 0 radical (unpaired) electrons. The predicted octanol–water partition coefficient (Wildman–Crippen LogP) is 2.00. The van der Waals surface area contributed by atoms with Gasteiger partial charge in [-0.3, -0.25) is 10.1 Å². The van der Waals surface area contributed by atoms with E-state index in [1.807, 2.05) is 0 Å². The molecule has 0 aliphatic rings. The molecule has 1 aromatic heterocycles. The summed E-state index contributed by atoms with van der Waals surface area (Å²) in [6.45, 7) is 0. The van der Waals surface area contributed by atoms with Crippen molar-refractivity contribution in [3.8, 4) is 11.8 Å². The van der Waals surface area contributed by atoms with Gasteiger partial charge in [0.1, 0.15) is 0 Å². The Morgan fingerprint density at radius 3 is 2.76 bits per heavy atom. The molecule has 0 aliphatic carbocycles. The average molecular weight is 243 g/mol. The van der Waals surface area contributed by atoms with Gasteiger partial charge >= 0.3 is 5.69 Å². The molecule has 0 unspecified atom stereocenters. The summed E-state index contributed by atoms with van der Waals surface area (Å²) in [6, 6.07) is 2.64. The van der Waals surface area contributed by atoms with E-state index in [4.69, 9.17) is 5.26 Å². The van der Waals surface area contributed by atoms with Crippen LogP contribution in [0.2, 0.25) is 0 Å². The number of hydrogen-bond acceptors (Lipinski definition) is 5. The number of nitro groups is 1. The van der Waals surface area contributed by atoms with Gasteiger partial charge in [0, 0.05) is 6.07 Å². The standard InChI is InChI=1S/C9H7F2N3O3/c1-17-8-6(14(15)16)4-5(2-3-12)13-7(8)9(10)11/h4,9H,2H2,1H3. The molecule has 6 nitrogen and oxygen atoms in total. The molecule has 0 aromatic carbocycles. The summed E-state index contributed by atoms with van der Waals surface area (Å²) < 4.78 is 29.8. The molecule has 0 saturated heterocycles. The van der Waals surface area contributed by atoms with E-state index in [2.05, 4.69) is 9.72 Å². The number of ether oxygens (including phenoxy) is 1. The first-order valence-corrected chi connectivity index (χ1v) is 4.38. The summed E-state index contributed by atoms with van der Waals surface area (Å²) >= 11 is 0. The van der Waals surface area contributed by atoms with Gasteiger partial charge in [0.15, 0.2) is 5.69 Å². The number of alkyl halides is 2. The van der Waals surface area contributed by atoms with Crippen LogP contribution in [-0.2, 0) is 6.42 Å². The van der Waals surface area contributed by atoms with E-state index in [9.17, 15) is 18.9 Å². The van der Waals surface area contributed by atoms with Gasteiger partial charge in [-0.2, -0.15) is 5.26 Å². The maximum absolute atomic E-state index is 12.6. The van der Waals surface area contributed by atoms with Crippen molar-refractivity contribution in [2.45, 2.75) is 12.8 Å². The van der Waals surface area contributed by atoms with Crippen molar-refractivity contribution in [1.82, 2.24) is 4.98 Å². The number of rotatable bonds is 4. The Hall–Kier alpha value is -2.30. The Bertz CT molecular complexity index is 485. The van der Waals surface area contributed by atoms with Crippen molar-refractivity contribution in [2.24, 2.45) is 0 Å². The second kappa shape index (κ2) is 5.16. The zero-order valence-corrected chi connectivity index (χ0v) is 8.68. The summed E-state index contributed by atoms with van der Waals surface area (Å²) in [6.07, 6.45) is -3.30. The quantitative estimate of drug-likeness (QED) is 0.596. The van der Waals surface area contributed by atoms with Crippen LogP contribution in [-0.4, -0.2) is 17.0 Å². The van der Waals surface area contributed by atoms with E-state index < -0.39 is 28.5 Å². The molecule has 8 heteroatoms. The molecule has 0 saturated carbocycles. The zero-order chi connectivity index (χ0) is 13.0. The molecule has 0 fully saturated rings. The lowest BCUT2D eigenvalue weighted by Crippen LogP contribution is -2.04. The highest BCUT2D eigenvalue weighted by Gasteiger charge is 2.27. The van der Waals surface area contributed by atoms with Crippen molar-refractivity contribution >= 4 is 5.69 Å². The van der Waals surface area contributed by atoms with Crippen molar-refractivity contribution in [2.75, 3.05) is 7.11 Å². The van der Waals surface area contributed by atoms with E-state index in [1.165, 1.54) is 0 Å². The molecule has 17 heavy (non-hydrogen) atoms. The van der Waals surface area contributed by atoms with E-state index >= 15 is 0 Å². The number of aromatic nitrogens is 1. The first-order chi connectivity index (χ1) is 8.01. The highest BCUT2D eigenvalue weighted by molar-refractivity contribution is 5.51. The van der Waals surface area contributed by atoms with E-state index in [0.717, 1.165) is 13.2 Å². The van der Waals surface area contributed by atoms with Gasteiger partial charge in [-0.05, 0) is 0 Å². The minimum absolute atomic E-state index is 0.0877. The number of methoxy groups -OCH3 is 1. The van der Waals surface area contributed by atoms with Gasteiger partial charge in [0.05, 0.1) is 30.2 Å². The molecule has 0 amide bonds. The second-order valence-electron chi connectivity index (χ2n) is 2.94. The largest absolute Gasteiger partial charge is 0.489 e. The van der Waals surface area contributed by atoms with Gasteiger partial charge < -0.3 is 4.74 Å². The highest BCUT2D eigenvalue weighted by atomic mass is 19.3. The fourth-order valence-corrected chi connectivity index (χ4v) is 1.26. The van der Waals surface area contributed by atoms with Crippen LogP contribution >= 0.6 is 0 Å². The van der Waals surface area contributed by atoms with Crippen LogP contribution in [0.4, 0.5) is 14.5 Å². The van der Waals surface area contributed by atoms with Crippen molar-refractivity contribution in [3.63, 3.8) is 0 Å². The van der Waals surface area contributed by atoms with Gasteiger partial charge in [-0.15, -0.1) is 0 Å². The van der Waals surface area contributed by atoms with Crippen molar-refractivity contribution in [3.05, 3.63) is 27.6 Å². The molecule has 90 valence electrons. The predicted molar refractivity (Wildman–Crippen MR) is 51.7 cm³/mol. The number of halogens is 2. The lowest BCUT2D eigenvalue weighted by Gasteiger charge is -2.08. The lowest BCUT2D eigenvalue weighted by molar-refractivity contribution is -0.386. The average Bonchev–Trinajstić information content (AvgIpc) is 2.28. The van der Waals surface area contributed by atoms with Crippen LogP contribution < -0.4 is 4.74 Å². The third-order valence-electron chi connectivity index (χ3n) is 1.90. The van der Waals surface area contributed by atoms with Crippen LogP contribution in [0.3, 0.4) is 0 Å². The first-order valence-electron chi connectivity index (χ1n) is 4.38. The number of pyridine rings is 1. The minimum atomic E-state index is -3.01. The van der Waals surface area contributed by atoms with Crippen molar-refractivity contribution < 1.29 is 18.4 Å². The molecule has 1 rings (SSSR count). The molecule has 1 aromatic rings. The maximum atomic E-state index is 12.6. The van der Waals surface area contributed by atoms with Crippen LogP contribution in [0.5, 0.6) is 5.75 Å². The highest BCUT2D eigenvalue weighted by Crippen LogP contribution is 2.35. The Balaban J connectivity index is 3.46. The molecular weight excluding hydrogens is 236 g/mol. The first kappa shape index (κ1) is 12.8. The third-order valence-corrected chi connectivity index (χ3v) is 1.90. The van der Waals surface area contributed by atoms with Gasteiger partial charge in [0.25, 0.3) is 6.43 Å². The van der Waals surface area contributed by atoms with Gasteiger partial charge in [0.2, 0.25) is 5.75 Å². The smallest absolute Gasteiger partial charge is 0.314 e. The molecule has 1 heterocycles. The van der Waals surface area contributed by atoms with Crippen LogP contribution in [0.25, 0.3) is 0 Å². The fraction of sp³-hybridized carbons (Fsp3) is 0.333. The molecule has 0 bridgehead atoms. The summed E-state index contributed by atoms with van der Waals surface area (Å²) in [7, 11) is 1.04. The topological polar surface area (TPSA) is 89.0 Å². The molecule has 0 atom stereocenters. The maximum Gasteiger partial charge on any atom is 0.314 e. The Morgan fingerprint density at radius 1 is 1.71 bits per heavy atom. The van der Waals surface area contributed by atoms with Crippen LogP contribution in [0.1, 0.15) is 17.8 Å². The summed E-state index contributed by atoms with van der Waals surface area (Å²) in [5.41, 5.74) is -1.54. The number of hydrogen-bond donors (Lipinski definition) is 0. The summed E-state index contributed by atoms with van der Waals surface area (Å²) in [5, 5.41) is 19.1. The lowest BCUT2D eigenvalue weighted by atomic mass is 10.2. The molecule has 0 N–H and O–H groups in total. The van der Waals surface area contributed by atoms with Crippen LogP contribution in [0.15, 0.2) is 6.07 Å². The zero-order valence-electron chi connectivity index (χ0n) is 8.68. The number of nitrogens with zero attached hydrogens (tertiary/aromatic N) is 3. The fourth-order valence-electron chi connectivity index (χ4n) is 1.26. The summed E-state index contributed by atoms with van der Waals surface area (Å²) in [4.78, 5) is 13.3. The molecule has 0 aliphatic heterocycles. The van der Waals surface area contributed by atoms with E-state index in [1.54, 1.807) is 6.07 Å². The Labute approximate surface area is 94.6 Å². The second-order valence-corrected chi connectivity index (χ2v) is 2.94.